The van der Waals surface area contributed by atoms with Crippen molar-refractivity contribution >= 4 is 35.6 Å². The Hall–Kier alpha value is -3.65. The summed E-state index contributed by atoms with van der Waals surface area (Å²) in [7, 11) is 0. The third-order valence-electron chi connectivity index (χ3n) is 6.46. The highest BCUT2D eigenvalue weighted by Crippen LogP contribution is 2.36. The Balaban J connectivity index is 1.96. The summed E-state index contributed by atoms with van der Waals surface area (Å²) in [5.74, 6) is -1.03. The van der Waals surface area contributed by atoms with Gasteiger partial charge in [-0.25, -0.2) is 0 Å². The highest BCUT2D eigenvalue weighted by Gasteiger charge is 2.51. The predicted molar refractivity (Wildman–Crippen MR) is 155 cm³/mol. The highest BCUT2D eigenvalue weighted by molar-refractivity contribution is 7.99. The number of amides is 1. The van der Waals surface area contributed by atoms with E-state index in [9.17, 15) is 19.2 Å². The van der Waals surface area contributed by atoms with Crippen LogP contribution in [0.2, 0.25) is 0 Å². The molecule has 14 heteroatoms. The lowest BCUT2D eigenvalue weighted by molar-refractivity contribution is -0.211. The van der Waals surface area contributed by atoms with Gasteiger partial charge in [-0.15, -0.1) is 10.2 Å². The molecule has 1 aliphatic rings. The summed E-state index contributed by atoms with van der Waals surface area (Å²) < 4.78 is 30.5. The number of unbranched alkanes of at least 4 members (excludes halogenated alkanes) is 2. The van der Waals surface area contributed by atoms with Crippen molar-refractivity contribution in [2.24, 2.45) is 0 Å². The molecule has 0 bridgehead atoms. The van der Waals surface area contributed by atoms with Gasteiger partial charge in [0.2, 0.25) is 5.91 Å². The summed E-state index contributed by atoms with van der Waals surface area (Å²) in [5.41, 5.74) is 0.214. The van der Waals surface area contributed by atoms with Crippen LogP contribution in [-0.2, 0) is 51.3 Å². The topological polar surface area (TPSA) is 157 Å². The van der Waals surface area contributed by atoms with Gasteiger partial charge in [-0.2, -0.15) is 0 Å². The first kappa shape index (κ1) is 33.8. The van der Waals surface area contributed by atoms with E-state index in [1.807, 2.05) is 35.8 Å². The van der Waals surface area contributed by atoms with E-state index in [2.05, 4.69) is 22.4 Å². The van der Waals surface area contributed by atoms with Gasteiger partial charge in [-0.05, 0) is 25.5 Å². The Morgan fingerprint density at radius 1 is 0.953 bits per heavy atom. The van der Waals surface area contributed by atoms with Crippen LogP contribution >= 0.6 is 11.8 Å². The lowest BCUT2D eigenvalue weighted by atomic mass is 9.97. The third kappa shape index (κ3) is 10.2. The molecule has 1 saturated heterocycles. The first-order valence-electron chi connectivity index (χ1n) is 14.2. The minimum atomic E-state index is -1.17. The van der Waals surface area contributed by atoms with Gasteiger partial charge in [-0.3, -0.25) is 19.2 Å². The molecule has 0 saturated carbocycles. The largest absolute Gasteiger partial charge is 0.486 e. The number of rotatable bonds is 14. The molecule has 1 amide bonds. The number of carbonyl (C=O) groups excluding carboxylic acids is 4. The van der Waals surface area contributed by atoms with Gasteiger partial charge in [0, 0.05) is 34.2 Å². The summed E-state index contributed by atoms with van der Waals surface area (Å²) in [5, 5.41) is 12.1. The van der Waals surface area contributed by atoms with E-state index in [1.54, 1.807) is 0 Å². The van der Waals surface area contributed by atoms with Crippen LogP contribution in [-0.4, -0.2) is 75.0 Å². The quantitative estimate of drug-likeness (QED) is 0.187. The average molecular weight is 621 g/mol. The molecular weight excluding hydrogens is 580 g/mol. The van der Waals surface area contributed by atoms with Gasteiger partial charge in [0.25, 0.3) is 0 Å². The van der Waals surface area contributed by atoms with Crippen molar-refractivity contribution in [2.75, 3.05) is 6.61 Å². The van der Waals surface area contributed by atoms with Crippen molar-refractivity contribution in [3.05, 3.63) is 35.7 Å². The number of hydrogen-bond donors (Lipinski definition) is 1. The van der Waals surface area contributed by atoms with Gasteiger partial charge < -0.3 is 33.6 Å². The number of nitrogens with one attached hydrogen (secondary N) is 1. The standard InChI is InChI=1S/C29H40N4O9S/c1-7-8-9-14-33-24(16-39-22-12-10-17(2)11-13-22)31-32-29(33)43-28-25(30-18(3)34)27(41-21(6)37)26(40-20(5)36)23(42-28)15-38-19(4)35/h10-13,23,25-28H,7-9,14-16H2,1-6H3,(H,30,34)/t23-,25+,26+,27+,28+/m1/s1. The number of esters is 3. The van der Waals surface area contributed by atoms with Crippen LogP contribution in [0, 0.1) is 6.92 Å². The van der Waals surface area contributed by atoms with Crippen LogP contribution in [0.4, 0.5) is 0 Å². The summed E-state index contributed by atoms with van der Waals surface area (Å²) >= 11 is 1.16. The van der Waals surface area contributed by atoms with Crippen molar-refractivity contribution in [3.63, 3.8) is 0 Å². The molecule has 2 aromatic rings. The van der Waals surface area contributed by atoms with Crippen molar-refractivity contribution < 1.29 is 42.9 Å². The molecule has 1 aromatic heterocycles. The van der Waals surface area contributed by atoms with Crippen molar-refractivity contribution in [1.29, 1.82) is 0 Å². The number of benzene rings is 1. The number of hydrogen-bond acceptors (Lipinski definition) is 12. The Morgan fingerprint density at radius 2 is 1.63 bits per heavy atom. The highest BCUT2D eigenvalue weighted by atomic mass is 32.2. The van der Waals surface area contributed by atoms with Crippen molar-refractivity contribution in [1.82, 2.24) is 20.1 Å². The Kier molecular flexibility index (Phi) is 12.8. The molecule has 43 heavy (non-hydrogen) atoms. The molecule has 236 valence electrons. The zero-order chi connectivity index (χ0) is 31.5. The fourth-order valence-electron chi connectivity index (χ4n) is 4.54. The first-order valence-corrected chi connectivity index (χ1v) is 15.0. The second kappa shape index (κ2) is 16.3. The van der Waals surface area contributed by atoms with Gasteiger partial charge in [0.15, 0.2) is 23.2 Å². The van der Waals surface area contributed by atoms with E-state index in [0.717, 1.165) is 36.6 Å². The molecule has 1 fully saturated rings. The number of aromatic nitrogens is 3. The first-order chi connectivity index (χ1) is 20.5. The van der Waals surface area contributed by atoms with Gasteiger partial charge in [-0.1, -0.05) is 49.2 Å². The van der Waals surface area contributed by atoms with Crippen LogP contribution in [0.25, 0.3) is 0 Å². The smallest absolute Gasteiger partial charge is 0.303 e. The predicted octanol–water partition coefficient (Wildman–Crippen LogP) is 3.10. The molecule has 5 atom stereocenters. The van der Waals surface area contributed by atoms with Gasteiger partial charge >= 0.3 is 17.9 Å². The van der Waals surface area contributed by atoms with E-state index < -0.39 is 53.6 Å². The number of aryl methyl sites for hydroxylation is 1. The second-order valence-electron chi connectivity index (χ2n) is 10.2. The van der Waals surface area contributed by atoms with E-state index in [0.29, 0.717) is 23.3 Å². The van der Waals surface area contributed by atoms with E-state index in [4.69, 9.17) is 23.7 Å². The molecule has 2 heterocycles. The Morgan fingerprint density at radius 3 is 2.23 bits per heavy atom. The fourth-order valence-corrected chi connectivity index (χ4v) is 5.72. The maximum absolute atomic E-state index is 12.3. The van der Waals surface area contributed by atoms with Crippen LogP contribution in [0.3, 0.4) is 0 Å². The zero-order valence-corrected chi connectivity index (χ0v) is 26.2. The number of nitrogens with zero attached hydrogens (tertiary/aromatic N) is 3. The summed E-state index contributed by atoms with van der Waals surface area (Å²) in [6, 6.07) is 6.72. The van der Waals surface area contributed by atoms with E-state index in [-0.39, 0.29) is 13.2 Å². The van der Waals surface area contributed by atoms with Gasteiger partial charge in [0.1, 0.15) is 36.5 Å². The lowest BCUT2D eigenvalue weighted by Crippen LogP contribution is -2.65. The average Bonchev–Trinajstić information content (AvgIpc) is 3.31. The molecule has 1 N–H and O–H groups in total. The minimum Gasteiger partial charge on any atom is -0.486 e. The minimum absolute atomic E-state index is 0.170. The van der Waals surface area contributed by atoms with Crippen LogP contribution in [0.1, 0.15) is 65.3 Å². The number of ether oxygens (including phenoxy) is 5. The molecule has 0 aliphatic carbocycles. The van der Waals surface area contributed by atoms with Crippen LogP contribution in [0.15, 0.2) is 29.4 Å². The normalized spacial score (nSPS) is 21.5. The van der Waals surface area contributed by atoms with Gasteiger partial charge in [0.05, 0.1) is 0 Å². The SMILES string of the molecule is CCCCCn1c(COc2ccc(C)cc2)nnc1S[C@@H]1O[C@H](COC(C)=O)[C@H](OC(C)=O)[C@@H](OC(C)=O)[C@@H]1NC(C)=O. The second-order valence-corrected chi connectivity index (χ2v) is 11.3. The van der Waals surface area contributed by atoms with Crippen LogP contribution in [0.5, 0.6) is 5.75 Å². The molecular formula is C29H40N4O9S. The molecule has 0 unspecified atom stereocenters. The van der Waals surface area contributed by atoms with Crippen LogP contribution < -0.4 is 10.1 Å². The van der Waals surface area contributed by atoms with E-state index in [1.165, 1.54) is 27.7 Å². The third-order valence-corrected chi connectivity index (χ3v) is 7.61. The summed E-state index contributed by atoms with van der Waals surface area (Å²) in [6.07, 6.45) is -0.484. The molecule has 13 nitrogen and oxygen atoms in total. The molecule has 0 spiro atoms. The number of thioether (sulfide) groups is 1. The molecule has 1 aliphatic heterocycles. The van der Waals surface area contributed by atoms with E-state index >= 15 is 0 Å². The Bertz CT molecular complexity index is 1250. The lowest BCUT2D eigenvalue weighted by Gasteiger charge is -2.44. The van der Waals surface area contributed by atoms with Crippen molar-refractivity contribution in [3.8, 4) is 5.75 Å². The van der Waals surface area contributed by atoms with Crippen molar-refractivity contribution in [2.45, 2.75) is 109 Å². The fraction of sp³-hybridized carbons (Fsp3) is 0.586. The maximum Gasteiger partial charge on any atom is 0.303 e. The summed E-state index contributed by atoms with van der Waals surface area (Å²) in [4.78, 5) is 48.2. The monoisotopic (exact) mass is 620 g/mol. The maximum atomic E-state index is 12.3. The zero-order valence-electron chi connectivity index (χ0n) is 25.4. The molecule has 0 radical (unpaired) electrons. The Labute approximate surface area is 255 Å². The molecule has 1 aromatic carbocycles. The summed E-state index contributed by atoms with van der Waals surface area (Å²) in [6.45, 7) is 9.54. The molecule has 3 rings (SSSR count). The number of carbonyl (C=O) groups is 4.